The predicted molar refractivity (Wildman–Crippen MR) is 51.3 cm³/mol. The molecule has 1 N–H and O–H groups in total. The van der Waals surface area contributed by atoms with Crippen LogP contribution in [0.1, 0.15) is 30.9 Å². The quantitative estimate of drug-likeness (QED) is 0.785. The second kappa shape index (κ2) is 4.69. The maximum absolute atomic E-state index is 5.49. The van der Waals surface area contributed by atoms with Crippen LogP contribution >= 0.6 is 0 Å². The van der Waals surface area contributed by atoms with Gasteiger partial charge in [-0.15, -0.1) is 10.2 Å². The first-order chi connectivity index (χ1) is 7.31. The Morgan fingerprint density at radius 1 is 1.40 bits per heavy atom. The molecule has 0 amide bonds. The van der Waals surface area contributed by atoms with Gasteiger partial charge in [0.1, 0.15) is 0 Å². The smallest absolute Gasteiger partial charge is 0.247 e. The van der Waals surface area contributed by atoms with E-state index >= 15 is 0 Å². The number of rotatable bonds is 3. The summed E-state index contributed by atoms with van der Waals surface area (Å²) in [5.74, 6) is 1.06. The van der Waals surface area contributed by atoms with Crippen LogP contribution in [0, 0.1) is 0 Å². The van der Waals surface area contributed by atoms with Crippen molar-refractivity contribution in [1.82, 2.24) is 15.5 Å². The fraction of sp³-hybridized carbons (Fsp3) is 0.778. The molecule has 1 saturated heterocycles. The van der Waals surface area contributed by atoms with Gasteiger partial charge < -0.3 is 19.2 Å². The molecule has 1 aliphatic heterocycles. The average Bonchev–Trinajstić information content (AvgIpc) is 2.78. The lowest BCUT2D eigenvalue weighted by Gasteiger charge is -2.19. The highest BCUT2D eigenvalue weighted by Crippen LogP contribution is 2.21. The summed E-state index contributed by atoms with van der Waals surface area (Å²) in [6.45, 7) is 3.64. The van der Waals surface area contributed by atoms with Crippen LogP contribution in [0.25, 0.3) is 0 Å². The molecule has 0 aliphatic carbocycles. The lowest BCUT2D eigenvalue weighted by molar-refractivity contribution is -0.0999. The largest absolute Gasteiger partial charge is 0.421 e. The molecule has 84 valence electrons. The van der Waals surface area contributed by atoms with Crippen LogP contribution in [-0.2, 0) is 9.47 Å². The number of nitrogens with one attached hydrogen (secondary N) is 1. The van der Waals surface area contributed by atoms with Crippen LogP contribution in [0.5, 0.6) is 0 Å². The Bertz CT molecular complexity index is 309. The van der Waals surface area contributed by atoms with E-state index in [0.717, 1.165) is 0 Å². The molecule has 1 aliphatic rings. The number of ether oxygens (including phenoxy) is 2. The van der Waals surface area contributed by atoms with E-state index in [2.05, 4.69) is 15.5 Å². The molecule has 0 radical (unpaired) electrons. The third-order valence-corrected chi connectivity index (χ3v) is 2.35. The molecule has 2 rings (SSSR count). The number of aromatic nitrogens is 2. The molecule has 6 nitrogen and oxygen atoms in total. The molecule has 0 bridgehead atoms. The first kappa shape index (κ1) is 10.5. The Morgan fingerprint density at radius 2 is 2.27 bits per heavy atom. The highest BCUT2D eigenvalue weighted by atomic mass is 16.6. The van der Waals surface area contributed by atoms with Crippen molar-refractivity contribution in [2.75, 3.05) is 26.9 Å². The Labute approximate surface area is 88.0 Å². The lowest BCUT2D eigenvalue weighted by Crippen LogP contribution is -2.22. The average molecular weight is 213 g/mol. The standard InChI is InChI=1S/C9H15N3O3/c1-6(10-2)8-11-12-9(15-8)7-5-13-3-4-14-7/h6-7,10H,3-5H2,1-2H3. The second-order valence-electron chi connectivity index (χ2n) is 3.42. The molecule has 1 fully saturated rings. The SMILES string of the molecule is CNC(C)c1nnc(C2COCCO2)o1. The molecule has 1 aromatic rings. The molecule has 0 saturated carbocycles. The van der Waals surface area contributed by atoms with Crippen LogP contribution in [0.15, 0.2) is 4.42 Å². The maximum atomic E-state index is 5.49. The normalized spacial score (nSPS) is 24.0. The minimum Gasteiger partial charge on any atom is -0.421 e. The number of nitrogens with zero attached hydrogens (tertiary/aromatic N) is 2. The Balaban J connectivity index is 2.05. The van der Waals surface area contributed by atoms with Gasteiger partial charge >= 0.3 is 0 Å². The molecule has 6 heteroatoms. The number of hydrogen-bond donors (Lipinski definition) is 1. The molecule has 1 aromatic heterocycles. The Kier molecular flexibility index (Phi) is 3.30. The van der Waals surface area contributed by atoms with Crippen molar-refractivity contribution in [2.24, 2.45) is 0 Å². The van der Waals surface area contributed by atoms with Gasteiger partial charge in [0.05, 0.1) is 25.9 Å². The lowest BCUT2D eigenvalue weighted by atomic mass is 10.3. The molecule has 0 aromatic carbocycles. The topological polar surface area (TPSA) is 69.4 Å². The van der Waals surface area contributed by atoms with E-state index in [1.54, 1.807) is 0 Å². The van der Waals surface area contributed by atoms with E-state index in [9.17, 15) is 0 Å². The van der Waals surface area contributed by atoms with Crippen molar-refractivity contribution in [3.63, 3.8) is 0 Å². The van der Waals surface area contributed by atoms with E-state index in [4.69, 9.17) is 13.9 Å². The third-order valence-electron chi connectivity index (χ3n) is 2.35. The monoisotopic (exact) mass is 213 g/mol. The molecule has 2 atom stereocenters. The van der Waals surface area contributed by atoms with E-state index in [-0.39, 0.29) is 12.1 Å². The van der Waals surface area contributed by atoms with Crippen LogP contribution in [0.4, 0.5) is 0 Å². The van der Waals surface area contributed by atoms with Gasteiger partial charge in [0.25, 0.3) is 0 Å². The summed E-state index contributed by atoms with van der Waals surface area (Å²) in [5, 5.41) is 10.9. The maximum Gasteiger partial charge on any atom is 0.247 e. The van der Waals surface area contributed by atoms with Gasteiger partial charge in [-0.3, -0.25) is 0 Å². The van der Waals surface area contributed by atoms with Crippen LogP contribution in [-0.4, -0.2) is 37.1 Å². The fourth-order valence-corrected chi connectivity index (χ4v) is 1.31. The van der Waals surface area contributed by atoms with Crippen LogP contribution < -0.4 is 5.32 Å². The van der Waals surface area contributed by atoms with Crippen molar-refractivity contribution in [3.05, 3.63) is 11.8 Å². The zero-order chi connectivity index (χ0) is 10.7. The van der Waals surface area contributed by atoms with E-state index in [1.165, 1.54) is 0 Å². The molecule has 15 heavy (non-hydrogen) atoms. The summed E-state index contributed by atoms with van der Waals surface area (Å²) in [4.78, 5) is 0. The van der Waals surface area contributed by atoms with Crippen molar-refractivity contribution in [1.29, 1.82) is 0 Å². The first-order valence-electron chi connectivity index (χ1n) is 5.01. The van der Waals surface area contributed by atoms with E-state index < -0.39 is 0 Å². The summed E-state index contributed by atoms with van der Waals surface area (Å²) in [5.41, 5.74) is 0. The molecule has 0 spiro atoms. The van der Waals surface area contributed by atoms with Crippen molar-refractivity contribution in [2.45, 2.75) is 19.1 Å². The molecular formula is C9H15N3O3. The van der Waals surface area contributed by atoms with Gasteiger partial charge in [0.15, 0.2) is 6.10 Å². The van der Waals surface area contributed by atoms with Gasteiger partial charge in [0.2, 0.25) is 11.8 Å². The second-order valence-corrected chi connectivity index (χ2v) is 3.42. The van der Waals surface area contributed by atoms with E-state index in [1.807, 2.05) is 14.0 Å². The van der Waals surface area contributed by atoms with Gasteiger partial charge in [0, 0.05) is 0 Å². The Morgan fingerprint density at radius 3 is 2.93 bits per heavy atom. The first-order valence-corrected chi connectivity index (χ1v) is 5.01. The van der Waals surface area contributed by atoms with E-state index in [0.29, 0.717) is 31.6 Å². The van der Waals surface area contributed by atoms with Gasteiger partial charge in [-0.05, 0) is 14.0 Å². The van der Waals surface area contributed by atoms with Crippen molar-refractivity contribution in [3.8, 4) is 0 Å². The van der Waals surface area contributed by atoms with Crippen molar-refractivity contribution < 1.29 is 13.9 Å². The summed E-state index contributed by atoms with van der Waals surface area (Å²) >= 11 is 0. The highest BCUT2D eigenvalue weighted by molar-refractivity contribution is 4.91. The summed E-state index contributed by atoms with van der Waals surface area (Å²) in [6.07, 6.45) is -0.218. The highest BCUT2D eigenvalue weighted by Gasteiger charge is 2.23. The zero-order valence-corrected chi connectivity index (χ0v) is 8.90. The summed E-state index contributed by atoms with van der Waals surface area (Å²) in [7, 11) is 1.84. The van der Waals surface area contributed by atoms with Crippen LogP contribution in [0.2, 0.25) is 0 Å². The summed E-state index contributed by atoms with van der Waals surface area (Å²) < 4.78 is 16.2. The zero-order valence-electron chi connectivity index (χ0n) is 8.90. The molecule has 2 unspecified atom stereocenters. The summed E-state index contributed by atoms with van der Waals surface area (Å²) in [6, 6.07) is 0.0516. The minimum atomic E-state index is -0.218. The predicted octanol–water partition coefficient (Wildman–Crippen LogP) is 0.438. The van der Waals surface area contributed by atoms with Crippen LogP contribution in [0.3, 0.4) is 0 Å². The number of hydrogen-bond acceptors (Lipinski definition) is 6. The van der Waals surface area contributed by atoms with Gasteiger partial charge in [-0.25, -0.2) is 0 Å². The van der Waals surface area contributed by atoms with Crippen molar-refractivity contribution >= 4 is 0 Å². The van der Waals surface area contributed by atoms with Gasteiger partial charge in [-0.1, -0.05) is 0 Å². The molecular weight excluding hydrogens is 198 g/mol. The van der Waals surface area contributed by atoms with Gasteiger partial charge in [-0.2, -0.15) is 0 Å². The minimum absolute atomic E-state index is 0.0516. The fourth-order valence-electron chi connectivity index (χ4n) is 1.31. The third kappa shape index (κ3) is 2.34. The molecule has 2 heterocycles. The Hall–Kier alpha value is -0.980.